The molecule has 0 spiro atoms. The van der Waals surface area contributed by atoms with Crippen molar-refractivity contribution in [2.24, 2.45) is 0 Å². The number of amides is 1. The highest BCUT2D eigenvalue weighted by Gasteiger charge is 2.52. The standard InChI is InChI=1S/C37H38F3N3O8/c1-22(41-34(47)37(38,39)40)8-7-9-23-21-43(35(48)42-33(23)46)30-20-29(44)31(51-30)32(45)36(24-10-5-4-6-11-24,25-12-16-27(49-2)17-13-25)26-14-18-28(50-3)19-15-26/h4-7,9-19,21-22,29-32,44-45H,8,20H2,1-3H3,(H,41,47)(H,42,46,48)/t22?,29-,30+,31-,32?/m0/s1. The molecule has 5 rings (SSSR count). The first kappa shape index (κ1) is 37.1. The molecule has 2 heterocycles. The maximum absolute atomic E-state index is 13.0. The normalized spacial score (nSPS) is 19.1. The van der Waals surface area contributed by atoms with E-state index < -0.39 is 59.3 Å². The molecule has 1 aromatic heterocycles. The third-order valence-electron chi connectivity index (χ3n) is 8.94. The van der Waals surface area contributed by atoms with Gasteiger partial charge in [0.05, 0.1) is 31.3 Å². The number of methoxy groups -OCH3 is 2. The number of nitrogens with zero attached hydrogens (tertiary/aromatic N) is 1. The third kappa shape index (κ3) is 7.77. The Hall–Kier alpha value is -5.18. The Kier molecular flexibility index (Phi) is 11.2. The first-order valence-electron chi connectivity index (χ1n) is 16.1. The van der Waals surface area contributed by atoms with Gasteiger partial charge in [0, 0.05) is 18.7 Å². The Morgan fingerprint density at radius 2 is 1.53 bits per heavy atom. The summed E-state index contributed by atoms with van der Waals surface area (Å²) in [7, 11) is 3.08. The summed E-state index contributed by atoms with van der Waals surface area (Å²) >= 11 is 0. The minimum atomic E-state index is -5.04. The minimum absolute atomic E-state index is 0.0267. The Bertz CT molecular complexity index is 1900. The van der Waals surface area contributed by atoms with Crippen molar-refractivity contribution >= 4 is 12.0 Å². The van der Waals surface area contributed by atoms with Crippen molar-refractivity contribution in [3.63, 3.8) is 0 Å². The summed E-state index contributed by atoms with van der Waals surface area (Å²) in [6.45, 7) is 1.37. The van der Waals surface area contributed by atoms with Gasteiger partial charge in [0.1, 0.15) is 29.9 Å². The molecule has 14 heteroatoms. The lowest BCUT2D eigenvalue weighted by atomic mass is 9.64. The molecule has 51 heavy (non-hydrogen) atoms. The fraction of sp³-hybridized carbons (Fsp3) is 0.324. The average molecular weight is 710 g/mol. The van der Waals surface area contributed by atoms with E-state index in [0.29, 0.717) is 28.2 Å². The zero-order valence-corrected chi connectivity index (χ0v) is 28.0. The van der Waals surface area contributed by atoms with E-state index in [-0.39, 0.29) is 18.4 Å². The third-order valence-corrected chi connectivity index (χ3v) is 8.94. The van der Waals surface area contributed by atoms with Gasteiger partial charge < -0.3 is 29.7 Å². The summed E-state index contributed by atoms with van der Waals surface area (Å²) in [5.41, 5.74) is -0.974. The van der Waals surface area contributed by atoms with Crippen LogP contribution in [0.25, 0.3) is 6.08 Å². The number of carbonyl (C=O) groups excluding carboxylic acids is 1. The number of carbonyl (C=O) groups is 1. The number of benzene rings is 3. The molecule has 0 saturated carbocycles. The Morgan fingerprint density at radius 1 is 0.980 bits per heavy atom. The number of aliphatic hydroxyl groups excluding tert-OH is 2. The number of aromatic nitrogens is 2. The van der Waals surface area contributed by atoms with E-state index in [1.165, 1.54) is 25.3 Å². The summed E-state index contributed by atoms with van der Waals surface area (Å²) in [5.74, 6) is -0.909. The van der Waals surface area contributed by atoms with Gasteiger partial charge in [-0.2, -0.15) is 13.2 Å². The van der Waals surface area contributed by atoms with Gasteiger partial charge in [-0.3, -0.25) is 19.1 Å². The number of aromatic amines is 1. The molecule has 270 valence electrons. The van der Waals surface area contributed by atoms with E-state index in [1.807, 2.05) is 59.9 Å². The quantitative estimate of drug-likeness (QED) is 0.161. The van der Waals surface area contributed by atoms with Crippen LogP contribution in [-0.4, -0.2) is 70.4 Å². The summed E-state index contributed by atoms with van der Waals surface area (Å²) in [6, 6.07) is 22.6. The number of ether oxygens (including phenoxy) is 3. The highest BCUT2D eigenvalue weighted by atomic mass is 19.4. The van der Waals surface area contributed by atoms with Crippen molar-refractivity contribution in [3.05, 3.63) is 134 Å². The van der Waals surface area contributed by atoms with Crippen LogP contribution in [0.2, 0.25) is 0 Å². The molecule has 4 aromatic rings. The van der Waals surface area contributed by atoms with Crippen LogP contribution in [-0.2, 0) is 14.9 Å². The Labute approximate surface area is 290 Å². The van der Waals surface area contributed by atoms with Crippen molar-refractivity contribution < 1.29 is 42.4 Å². The molecule has 1 aliphatic heterocycles. The van der Waals surface area contributed by atoms with Crippen LogP contribution in [0.4, 0.5) is 13.2 Å². The van der Waals surface area contributed by atoms with Crippen LogP contribution in [0.15, 0.2) is 101 Å². The number of halogens is 3. The SMILES string of the molecule is COc1ccc(C(c2ccccc2)(c2ccc(OC)cc2)C(O)[C@H]2O[C@@H](n3cc(C=CCC(C)NC(=O)C(F)(F)F)c(=O)[nH]c3=O)C[C@@H]2O)cc1. The van der Waals surface area contributed by atoms with Crippen molar-refractivity contribution in [3.8, 4) is 11.5 Å². The lowest BCUT2D eigenvalue weighted by molar-refractivity contribution is -0.174. The zero-order valence-electron chi connectivity index (χ0n) is 28.0. The van der Waals surface area contributed by atoms with Gasteiger partial charge >= 0.3 is 17.8 Å². The first-order chi connectivity index (χ1) is 24.3. The summed E-state index contributed by atoms with van der Waals surface area (Å²) in [5, 5.41) is 25.8. The van der Waals surface area contributed by atoms with Gasteiger partial charge in [-0.25, -0.2) is 4.79 Å². The van der Waals surface area contributed by atoms with Crippen LogP contribution in [0.5, 0.6) is 11.5 Å². The van der Waals surface area contributed by atoms with Crippen LogP contribution in [0, 0.1) is 0 Å². The first-order valence-corrected chi connectivity index (χ1v) is 16.1. The van der Waals surface area contributed by atoms with E-state index in [4.69, 9.17) is 14.2 Å². The van der Waals surface area contributed by atoms with E-state index in [9.17, 15) is 37.8 Å². The minimum Gasteiger partial charge on any atom is -0.497 e. The Morgan fingerprint density at radius 3 is 2.06 bits per heavy atom. The number of H-pyrrole nitrogens is 1. The highest BCUT2D eigenvalue weighted by molar-refractivity contribution is 5.81. The summed E-state index contributed by atoms with van der Waals surface area (Å²) in [6.07, 6.45) is -6.43. The molecule has 1 aliphatic rings. The van der Waals surface area contributed by atoms with E-state index >= 15 is 0 Å². The largest absolute Gasteiger partial charge is 0.497 e. The van der Waals surface area contributed by atoms with E-state index in [0.717, 1.165) is 4.57 Å². The predicted octanol–water partition coefficient (Wildman–Crippen LogP) is 4.07. The number of hydrogen-bond acceptors (Lipinski definition) is 8. The molecule has 2 unspecified atom stereocenters. The van der Waals surface area contributed by atoms with Gasteiger partial charge in [-0.1, -0.05) is 66.7 Å². The topological polar surface area (TPSA) is 152 Å². The van der Waals surface area contributed by atoms with Gasteiger partial charge in [0.15, 0.2) is 0 Å². The molecule has 1 saturated heterocycles. The molecule has 11 nitrogen and oxygen atoms in total. The number of alkyl halides is 3. The molecule has 1 amide bonds. The second kappa shape index (κ2) is 15.4. The molecular weight excluding hydrogens is 671 g/mol. The monoisotopic (exact) mass is 709 g/mol. The number of hydrogen-bond donors (Lipinski definition) is 4. The van der Waals surface area contributed by atoms with Crippen LogP contribution in [0.1, 0.15) is 48.2 Å². The van der Waals surface area contributed by atoms with Crippen LogP contribution < -0.4 is 26.0 Å². The van der Waals surface area contributed by atoms with Crippen LogP contribution in [0.3, 0.4) is 0 Å². The maximum Gasteiger partial charge on any atom is 0.471 e. The molecule has 0 bridgehead atoms. The number of rotatable bonds is 12. The summed E-state index contributed by atoms with van der Waals surface area (Å²) < 4.78 is 56.0. The molecule has 1 fully saturated rings. The molecule has 0 aliphatic carbocycles. The predicted molar refractivity (Wildman–Crippen MR) is 181 cm³/mol. The van der Waals surface area contributed by atoms with E-state index in [2.05, 4.69) is 4.98 Å². The summed E-state index contributed by atoms with van der Waals surface area (Å²) in [4.78, 5) is 39.1. The fourth-order valence-corrected chi connectivity index (χ4v) is 6.40. The number of nitrogens with one attached hydrogen (secondary N) is 2. The van der Waals surface area contributed by atoms with Gasteiger partial charge in [-0.15, -0.1) is 0 Å². The molecule has 0 radical (unpaired) electrons. The molecule has 5 atom stereocenters. The van der Waals surface area contributed by atoms with Crippen molar-refractivity contribution in [2.75, 3.05) is 14.2 Å². The smallest absolute Gasteiger partial charge is 0.471 e. The van der Waals surface area contributed by atoms with Crippen LogP contribution >= 0.6 is 0 Å². The maximum atomic E-state index is 13.0. The zero-order chi connectivity index (χ0) is 36.9. The number of aliphatic hydroxyl groups is 2. The van der Waals surface area contributed by atoms with Gasteiger partial charge in [-0.05, 0) is 54.3 Å². The van der Waals surface area contributed by atoms with E-state index in [1.54, 1.807) is 38.5 Å². The van der Waals surface area contributed by atoms with Gasteiger partial charge in [0.2, 0.25) is 0 Å². The lowest BCUT2D eigenvalue weighted by Crippen LogP contribution is -2.51. The van der Waals surface area contributed by atoms with Crippen molar-refractivity contribution in [1.82, 2.24) is 14.9 Å². The highest BCUT2D eigenvalue weighted by Crippen LogP contribution is 2.47. The second-order valence-corrected chi connectivity index (χ2v) is 12.2. The second-order valence-electron chi connectivity index (χ2n) is 12.2. The fourth-order valence-electron chi connectivity index (χ4n) is 6.40. The molecule has 4 N–H and O–H groups in total. The van der Waals surface area contributed by atoms with Crippen molar-refractivity contribution in [2.45, 2.75) is 61.9 Å². The Balaban J connectivity index is 1.51. The van der Waals surface area contributed by atoms with Gasteiger partial charge in [0.25, 0.3) is 5.56 Å². The average Bonchev–Trinajstić information content (AvgIpc) is 3.50. The molecular formula is C37H38F3N3O8. The molecule has 3 aromatic carbocycles. The lowest BCUT2D eigenvalue weighted by Gasteiger charge is -2.43. The van der Waals surface area contributed by atoms with Crippen molar-refractivity contribution in [1.29, 1.82) is 0 Å².